The van der Waals surface area contributed by atoms with E-state index in [9.17, 15) is 5.11 Å². The van der Waals surface area contributed by atoms with Gasteiger partial charge in [0.2, 0.25) is 11.0 Å². The van der Waals surface area contributed by atoms with Gasteiger partial charge in [-0.05, 0) is 53.0 Å². The first-order chi connectivity index (χ1) is 11.6. The van der Waals surface area contributed by atoms with Crippen molar-refractivity contribution in [1.82, 2.24) is 4.98 Å². The maximum atomic E-state index is 10.0. The molecule has 0 amide bonds. The molecule has 0 saturated heterocycles. The predicted molar refractivity (Wildman–Crippen MR) is 106 cm³/mol. The first-order valence-electron chi connectivity index (χ1n) is 6.94. The van der Waals surface area contributed by atoms with Crippen molar-refractivity contribution in [2.75, 3.05) is 12.4 Å². The van der Waals surface area contributed by atoms with Crippen molar-refractivity contribution < 1.29 is 9.84 Å². The lowest BCUT2D eigenvalue weighted by molar-refractivity contribution is 0.415. The Hall–Kier alpha value is -2.20. The SMILES string of the molecule is COc1cccc(NC(=S)N=Nc2c(O)[nH]c3c(I)cccc23)c1. The highest BCUT2D eigenvalue weighted by Gasteiger charge is 2.12. The number of thiocarbonyl (C=S) groups is 1. The fourth-order valence-electron chi connectivity index (χ4n) is 2.20. The molecule has 3 N–H and O–H groups in total. The summed E-state index contributed by atoms with van der Waals surface area (Å²) in [4.78, 5) is 2.90. The predicted octanol–water partition coefficient (Wildman–Crippen LogP) is 4.97. The van der Waals surface area contributed by atoms with Crippen LogP contribution in [0.4, 0.5) is 11.4 Å². The number of anilines is 1. The second-order valence-electron chi connectivity index (χ2n) is 4.85. The molecule has 0 aliphatic rings. The number of methoxy groups -OCH3 is 1. The van der Waals surface area contributed by atoms with Crippen molar-refractivity contribution in [3.63, 3.8) is 0 Å². The number of ether oxygens (including phenoxy) is 1. The highest BCUT2D eigenvalue weighted by atomic mass is 127. The zero-order valence-electron chi connectivity index (χ0n) is 12.6. The summed E-state index contributed by atoms with van der Waals surface area (Å²) in [5.74, 6) is 0.672. The number of rotatable bonds is 3. The molecule has 0 unspecified atom stereocenters. The molecule has 0 aliphatic carbocycles. The first kappa shape index (κ1) is 16.7. The second kappa shape index (κ2) is 7.14. The molecule has 1 heterocycles. The van der Waals surface area contributed by atoms with Gasteiger partial charge in [-0.25, -0.2) is 0 Å². The Labute approximate surface area is 157 Å². The second-order valence-corrected chi connectivity index (χ2v) is 6.40. The largest absolute Gasteiger partial charge is 0.497 e. The van der Waals surface area contributed by atoms with Crippen LogP contribution >= 0.6 is 34.8 Å². The summed E-state index contributed by atoms with van der Waals surface area (Å²) in [6, 6.07) is 13.0. The van der Waals surface area contributed by atoms with Crippen LogP contribution in [0.2, 0.25) is 0 Å². The van der Waals surface area contributed by atoms with E-state index in [1.165, 1.54) is 0 Å². The molecule has 8 heteroatoms. The molecule has 0 bridgehead atoms. The van der Waals surface area contributed by atoms with Gasteiger partial charge >= 0.3 is 0 Å². The number of nitrogens with one attached hydrogen (secondary N) is 2. The average molecular weight is 452 g/mol. The topological polar surface area (TPSA) is 82.0 Å². The lowest BCUT2D eigenvalue weighted by Gasteiger charge is -2.05. The third-order valence-corrected chi connectivity index (χ3v) is 4.38. The van der Waals surface area contributed by atoms with E-state index in [0.29, 0.717) is 11.4 Å². The van der Waals surface area contributed by atoms with Gasteiger partial charge in [0.05, 0.1) is 12.6 Å². The quantitative estimate of drug-likeness (QED) is 0.298. The minimum absolute atomic E-state index is 0.0398. The van der Waals surface area contributed by atoms with Crippen LogP contribution in [0.15, 0.2) is 52.7 Å². The van der Waals surface area contributed by atoms with E-state index in [1.807, 2.05) is 36.4 Å². The van der Waals surface area contributed by atoms with Crippen molar-refractivity contribution in [3.8, 4) is 11.6 Å². The number of hydrogen-bond acceptors (Lipinski definition) is 4. The molecule has 24 heavy (non-hydrogen) atoms. The summed E-state index contributed by atoms with van der Waals surface area (Å²) in [6.45, 7) is 0. The fourth-order valence-corrected chi connectivity index (χ4v) is 2.99. The summed E-state index contributed by atoms with van der Waals surface area (Å²) in [5, 5.41) is 22.0. The third kappa shape index (κ3) is 3.49. The van der Waals surface area contributed by atoms with Crippen molar-refractivity contribution in [3.05, 3.63) is 46.0 Å². The van der Waals surface area contributed by atoms with Gasteiger partial charge in [-0.2, -0.15) is 0 Å². The molecule has 3 aromatic rings. The van der Waals surface area contributed by atoms with E-state index in [-0.39, 0.29) is 11.0 Å². The van der Waals surface area contributed by atoms with E-state index in [0.717, 1.165) is 20.2 Å². The number of nitrogens with zero attached hydrogens (tertiary/aromatic N) is 2. The van der Waals surface area contributed by atoms with Crippen LogP contribution in [0.1, 0.15) is 0 Å². The van der Waals surface area contributed by atoms with E-state index >= 15 is 0 Å². The molecule has 0 aliphatic heterocycles. The number of aromatic hydroxyl groups is 1. The van der Waals surface area contributed by atoms with Gasteiger partial charge in [-0.3, -0.25) is 0 Å². The fraction of sp³-hybridized carbons (Fsp3) is 0.0625. The van der Waals surface area contributed by atoms with Crippen LogP contribution in [0, 0.1) is 3.57 Å². The Morgan fingerprint density at radius 1 is 1.29 bits per heavy atom. The molecule has 1 aromatic heterocycles. The van der Waals surface area contributed by atoms with Gasteiger partial charge in [0.25, 0.3) is 0 Å². The van der Waals surface area contributed by atoms with Gasteiger partial charge in [0.15, 0.2) is 5.69 Å². The molecule has 0 saturated carbocycles. The highest BCUT2D eigenvalue weighted by Crippen LogP contribution is 2.37. The molecule has 0 fully saturated rings. The van der Waals surface area contributed by atoms with E-state index in [2.05, 4.69) is 43.1 Å². The summed E-state index contributed by atoms with van der Waals surface area (Å²) in [5.41, 5.74) is 1.92. The molecular formula is C16H13IN4O2S. The molecule has 2 aromatic carbocycles. The normalized spacial score (nSPS) is 11.1. The van der Waals surface area contributed by atoms with Gasteiger partial charge in [-0.1, -0.05) is 18.2 Å². The lowest BCUT2D eigenvalue weighted by atomic mass is 10.2. The van der Waals surface area contributed by atoms with Crippen LogP contribution in [-0.2, 0) is 0 Å². The Morgan fingerprint density at radius 2 is 2.08 bits per heavy atom. The molecule has 0 radical (unpaired) electrons. The highest BCUT2D eigenvalue weighted by molar-refractivity contribution is 14.1. The maximum absolute atomic E-state index is 10.0. The van der Waals surface area contributed by atoms with Crippen LogP contribution in [0.3, 0.4) is 0 Å². The Morgan fingerprint density at radius 3 is 2.88 bits per heavy atom. The van der Waals surface area contributed by atoms with Gasteiger partial charge in [0, 0.05) is 20.7 Å². The van der Waals surface area contributed by atoms with Crippen LogP contribution in [0.25, 0.3) is 10.9 Å². The number of benzene rings is 2. The van der Waals surface area contributed by atoms with Crippen LogP contribution in [-0.4, -0.2) is 22.3 Å². The molecule has 3 rings (SSSR count). The number of aromatic amines is 1. The summed E-state index contributed by atoms with van der Waals surface area (Å²) in [7, 11) is 1.60. The molecule has 122 valence electrons. The Balaban J connectivity index is 1.82. The zero-order chi connectivity index (χ0) is 17.1. The van der Waals surface area contributed by atoms with Crippen molar-refractivity contribution in [2.45, 2.75) is 0 Å². The van der Waals surface area contributed by atoms with Crippen molar-refractivity contribution in [1.29, 1.82) is 0 Å². The number of H-pyrrole nitrogens is 1. The number of para-hydroxylation sites is 1. The molecule has 0 atom stereocenters. The summed E-state index contributed by atoms with van der Waals surface area (Å²) in [6.07, 6.45) is 0. The smallest absolute Gasteiger partial charge is 0.218 e. The molecular weight excluding hydrogens is 439 g/mol. The summed E-state index contributed by atoms with van der Waals surface area (Å²) >= 11 is 7.36. The number of hydrogen-bond donors (Lipinski definition) is 3. The van der Waals surface area contributed by atoms with E-state index in [4.69, 9.17) is 17.0 Å². The Bertz CT molecular complexity index is 939. The van der Waals surface area contributed by atoms with Crippen LogP contribution in [0.5, 0.6) is 11.6 Å². The minimum Gasteiger partial charge on any atom is -0.497 e. The lowest BCUT2D eigenvalue weighted by Crippen LogP contribution is -2.04. The number of fused-ring (bicyclic) bond motifs is 1. The first-order valence-corrected chi connectivity index (χ1v) is 8.43. The molecule has 6 nitrogen and oxygen atoms in total. The number of aromatic nitrogens is 1. The maximum Gasteiger partial charge on any atom is 0.218 e. The minimum atomic E-state index is -0.0398. The van der Waals surface area contributed by atoms with Gasteiger partial charge in [0.1, 0.15) is 5.75 Å². The van der Waals surface area contributed by atoms with Gasteiger partial charge < -0.3 is 20.1 Å². The number of halogens is 1. The van der Waals surface area contributed by atoms with Gasteiger partial charge in [-0.15, -0.1) is 10.2 Å². The van der Waals surface area contributed by atoms with Crippen LogP contribution < -0.4 is 10.1 Å². The Kier molecular flexibility index (Phi) is 4.95. The molecule has 0 spiro atoms. The van der Waals surface area contributed by atoms with E-state index < -0.39 is 0 Å². The standard InChI is InChI=1S/C16H13IN4O2S/c1-23-10-5-2-4-9(8-10)18-16(24)21-20-14-11-6-3-7-12(17)13(11)19-15(14)22/h2-8,19,22H,1H3,(H,18,24). The van der Waals surface area contributed by atoms with Crippen molar-refractivity contribution >= 4 is 62.2 Å². The monoisotopic (exact) mass is 452 g/mol. The summed E-state index contributed by atoms with van der Waals surface area (Å²) < 4.78 is 6.14. The average Bonchev–Trinajstić information content (AvgIpc) is 2.90. The van der Waals surface area contributed by atoms with Crippen molar-refractivity contribution in [2.24, 2.45) is 10.2 Å². The zero-order valence-corrected chi connectivity index (χ0v) is 15.6. The third-order valence-electron chi connectivity index (χ3n) is 3.30. The van der Waals surface area contributed by atoms with E-state index in [1.54, 1.807) is 13.2 Å². The number of azo groups is 1.